The number of phenolic OH excluding ortho intramolecular Hbond substituents is 1. The highest BCUT2D eigenvalue weighted by Gasteiger charge is 2.16. The Morgan fingerprint density at radius 1 is 1.27 bits per heavy atom. The van der Waals surface area contributed by atoms with Crippen LogP contribution in [-0.4, -0.2) is 16.7 Å². The van der Waals surface area contributed by atoms with Gasteiger partial charge in [0.1, 0.15) is 29.8 Å². The van der Waals surface area contributed by atoms with Crippen molar-refractivity contribution in [1.82, 2.24) is 4.98 Å². The number of nitrogens with two attached hydrogens (primary N) is 1. The van der Waals surface area contributed by atoms with Gasteiger partial charge in [-0.1, -0.05) is 6.08 Å². The highest BCUT2D eigenvalue weighted by Crippen LogP contribution is 2.30. The van der Waals surface area contributed by atoms with E-state index in [2.05, 4.69) is 11.1 Å². The second-order valence-corrected chi connectivity index (χ2v) is 4.81. The number of nitrogens with zero attached hydrogens (tertiary/aromatic N) is 2. The first-order valence-electron chi connectivity index (χ1n) is 6.67. The Kier molecular flexibility index (Phi) is 3.50. The molecule has 0 saturated carbocycles. The summed E-state index contributed by atoms with van der Waals surface area (Å²) in [6.45, 7) is 0.379. The molecule has 2 aromatic rings. The van der Waals surface area contributed by atoms with Crippen molar-refractivity contribution in [2.45, 2.75) is 0 Å². The van der Waals surface area contributed by atoms with Gasteiger partial charge in [0.15, 0.2) is 0 Å². The molecule has 3 N–H and O–H groups in total. The van der Waals surface area contributed by atoms with Gasteiger partial charge in [0.05, 0.1) is 12.0 Å². The Labute approximate surface area is 127 Å². The molecule has 2 heterocycles. The van der Waals surface area contributed by atoms with Crippen molar-refractivity contribution < 1.29 is 9.84 Å². The van der Waals surface area contributed by atoms with Crippen LogP contribution in [0.4, 0.5) is 5.82 Å². The third-order valence-electron chi connectivity index (χ3n) is 3.38. The molecule has 0 aliphatic carbocycles. The predicted octanol–water partition coefficient (Wildman–Crippen LogP) is 2.84. The maximum atomic E-state index is 9.38. The molecule has 1 aliphatic rings. The Hall–Kier alpha value is -3.26. The van der Waals surface area contributed by atoms with E-state index >= 15 is 0 Å². The van der Waals surface area contributed by atoms with Crippen molar-refractivity contribution in [1.29, 1.82) is 5.26 Å². The van der Waals surface area contributed by atoms with E-state index in [-0.39, 0.29) is 11.6 Å². The fourth-order valence-electron chi connectivity index (χ4n) is 2.28. The van der Waals surface area contributed by atoms with Gasteiger partial charge in [-0.2, -0.15) is 5.26 Å². The Balaban J connectivity index is 2.16. The van der Waals surface area contributed by atoms with Gasteiger partial charge in [-0.15, -0.1) is 0 Å². The number of hydrogen-bond acceptors (Lipinski definition) is 5. The minimum Gasteiger partial charge on any atom is -0.508 e. The maximum Gasteiger partial charge on any atom is 0.142 e. The summed E-state index contributed by atoms with van der Waals surface area (Å²) in [4.78, 5) is 4.29. The Morgan fingerprint density at radius 3 is 2.68 bits per heavy atom. The molecule has 3 rings (SSSR count). The Bertz CT molecular complexity index is 815. The van der Waals surface area contributed by atoms with E-state index in [0.717, 1.165) is 11.1 Å². The van der Waals surface area contributed by atoms with E-state index in [9.17, 15) is 10.4 Å². The molecular formula is C17H13N3O2. The second-order valence-electron chi connectivity index (χ2n) is 4.81. The summed E-state index contributed by atoms with van der Waals surface area (Å²) in [5.74, 6) is 0.359. The minimum absolute atomic E-state index is 0.179. The van der Waals surface area contributed by atoms with Gasteiger partial charge >= 0.3 is 0 Å². The van der Waals surface area contributed by atoms with Gasteiger partial charge < -0.3 is 15.6 Å². The van der Waals surface area contributed by atoms with Crippen LogP contribution in [0.2, 0.25) is 0 Å². The number of phenols is 1. The second kappa shape index (κ2) is 5.62. The lowest BCUT2D eigenvalue weighted by atomic mass is 9.98. The Morgan fingerprint density at radius 2 is 2.05 bits per heavy atom. The number of ether oxygens (including phenoxy) is 1. The molecule has 0 unspecified atom stereocenters. The molecule has 1 aromatic carbocycles. The molecule has 5 nitrogen and oxygen atoms in total. The number of aromatic nitrogens is 1. The molecule has 5 heteroatoms. The summed E-state index contributed by atoms with van der Waals surface area (Å²) < 4.78 is 5.28. The molecule has 1 aromatic heterocycles. The van der Waals surface area contributed by atoms with Crippen molar-refractivity contribution in [2.75, 3.05) is 12.3 Å². The normalized spacial score (nSPS) is 13.1. The fraction of sp³-hybridized carbons (Fsp3) is 0.0588. The van der Waals surface area contributed by atoms with Crippen LogP contribution in [0, 0.1) is 11.3 Å². The fourth-order valence-corrected chi connectivity index (χ4v) is 2.28. The molecular weight excluding hydrogens is 278 g/mol. The van der Waals surface area contributed by atoms with Gasteiger partial charge in [0, 0.05) is 11.1 Å². The number of benzene rings is 1. The first-order chi connectivity index (χ1) is 10.7. The van der Waals surface area contributed by atoms with E-state index in [1.54, 1.807) is 36.6 Å². The van der Waals surface area contributed by atoms with Crippen LogP contribution in [0.15, 0.2) is 48.7 Å². The number of rotatable bonds is 2. The third kappa shape index (κ3) is 2.50. The zero-order valence-corrected chi connectivity index (χ0v) is 11.7. The standard InChI is InChI=1S/C17H13N3O2/c18-9-15-14(12-2-1-7-22-10-12)8-16(20-17(15)19)11-3-5-13(21)6-4-11/h1-8,21H,10H2,(H2,19,20). The smallest absolute Gasteiger partial charge is 0.142 e. The van der Waals surface area contributed by atoms with Crippen LogP contribution in [0.5, 0.6) is 5.75 Å². The molecule has 0 saturated heterocycles. The van der Waals surface area contributed by atoms with Crippen molar-refractivity contribution in [3.8, 4) is 23.1 Å². The van der Waals surface area contributed by atoms with Gasteiger partial charge in [-0.3, -0.25) is 0 Å². The maximum absolute atomic E-state index is 9.38. The lowest BCUT2D eigenvalue weighted by molar-refractivity contribution is 0.293. The van der Waals surface area contributed by atoms with Crippen molar-refractivity contribution >= 4 is 11.4 Å². The quantitative estimate of drug-likeness (QED) is 0.887. The molecule has 0 atom stereocenters. The SMILES string of the molecule is N#Cc1c(C2=CC=COC2)cc(-c2ccc(O)cc2)nc1N. The molecule has 108 valence electrons. The minimum atomic E-state index is 0.179. The molecule has 0 amide bonds. The van der Waals surface area contributed by atoms with E-state index in [4.69, 9.17) is 10.5 Å². The lowest BCUT2D eigenvalue weighted by Crippen LogP contribution is -2.05. The summed E-state index contributed by atoms with van der Waals surface area (Å²) in [6.07, 6.45) is 5.26. The molecule has 0 fully saturated rings. The first-order valence-corrected chi connectivity index (χ1v) is 6.67. The number of nitriles is 1. The average Bonchev–Trinajstić information content (AvgIpc) is 2.55. The van der Waals surface area contributed by atoms with E-state index in [0.29, 0.717) is 23.4 Å². The van der Waals surface area contributed by atoms with Crippen molar-refractivity contribution in [2.24, 2.45) is 0 Å². The zero-order chi connectivity index (χ0) is 15.5. The highest BCUT2D eigenvalue weighted by atomic mass is 16.5. The lowest BCUT2D eigenvalue weighted by Gasteiger charge is -2.14. The van der Waals surface area contributed by atoms with Crippen LogP contribution >= 0.6 is 0 Å². The molecule has 22 heavy (non-hydrogen) atoms. The van der Waals surface area contributed by atoms with Crippen LogP contribution in [0.25, 0.3) is 16.8 Å². The van der Waals surface area contributed by atoms with Gasteiger partial charge in [0.2, 0.25) is 0 Å². The monoisotopic (exact) mass is 291 g/mol. The van der Waals surface area contributed by atoms with E-state index < -0.39 is 0 Å². The number of allylic oxidation sites excluding steroid dienone is 2. The van der Waals surface area contributed by atoms with Crippen LogP contribution < -0.4 is 5.73 Å². The topological polar surface area (TPSA) is 92.2 Å². The summed E-state index contributed by atoms with van der Waals surface area (Å²) in [6, 6.07) is 10.6. The van der Waals surface area contributed by atoms with Crippen LogP contribution in [0.1, 0.15) is 11.1 Å². The molecule has 1 aliphatic heterocycles. The van der Waals surface area contributed by atoms with Crippen molar-refractivity contribution in [3.05, 3.63) is 59.9 Å². The zero-order valence-electron chi connectivity index (χ0n) is 11.7. The van der Waals surface area contributed by atoms with E-state index in [1.165, 1.54) is 0 Å². The van der Waals surface area contributed by atoms with Crippen LogP contribution in [-0.2, 0) is 4.74 Å². The molecule has 0 radical (unpaired) electrons. The largest absolute Gasteiger partial charge is 0.508 e. The summed E-state index contributed by atoms with van der Waals surface area (Å²) in [7, 11) is 0. The van der Waals surface area contributed by atoms with E-state index in [1.807, 2.05) is 12.1 Å². The van der Waals surface area contributed by atoms with Gasteiger partial charge in [0.25, 0.3) is 0 Å². The number of aromatic hydroxyl groups is 1. The number of pyridine rings is 1. The average molecular weight is 291 g/mol. The number of nitrogen functional groups attached to an aromatic ring is 1. The third-order valence-corrected chi connectivity index (χ3v) is 3.38. The van der Waals surface area contributed by atoms with Crippen molar-refractivity contribution in [3.63, 3.8) is 0 Å². The number of anilines is 1. The van der Waals surface area contributed by atoms with Gasteiger partial charge in [-0.05, 0) is 42.0 Å². The van der Waals surface area contributed by atoms with Gasteiger partial charge in [-0.25, -0.2) is 4.98 Å². The van der Waals surface area contributed by atoms with Crippen LogP contribution in [0.3, 0.4) is 0 Å². The predicted molar refractivity (Wildman–Crippen MR) is 83.5 cm³/mol. The molecule has 0 spiro atoms. The number of hydrogen-bond donors (Lipinski definition) is 2. The highest BCUT2D eigenvalue weighted by molar-refractivity contribution is 5.80. The summed E-state index contributed by atoms with van der Waals surface area (Å²) in [5, 5.41) is 18.7. The molecule has 0 bridgehead atoms. The first kappa shape index (κ1) is 13.7. The summed E-state index contributed by atoms with van der Waals surface area (Å²) >= 11 is 0. The summed E-state index contributed by atoms with van der Waals surface area (Å²) in [5.41, 5.74) is 9.31.